The summed E-state index contributed by atoms with van der Waals surface area (Å²) in [5, 5.41) is 27.7. The molecule has 0 aliphatic rings. The summed E-state index contributed by atoms with van der Waals surface area (Å²) in [6, 6.07) is 2.53. The summed E-state index contributed by atoms with van der Waals surface area (Å²) in [5.74, 6) is -2.19. The molecule has 0 aliphatic carbocycles. The van der Waals surface area contributed by atoms with Crippen LogP contribution in [0, 0.1) is 0 Å². The van der Waals surface area contributed by atoms with Crippen LogP contribution in [0.4, 0.5) is 0 Å². The van der Waals surface area contributed by atoms with Crippen molar-refractivity contribution in [1.82, 2.24) is 0 Å². The van der Waals surface area contributed by atoms with Gasteiger partial charge in [-0.05, 0) is 34.7 Å². The normalized spacial score (nSPS) is 9.81. The molecule has 0 fully saturated rings. The van der Waals surface area contributed by atoms with E-state index in [9.17, 15) is 15.0 Å². The minimum absolute atomic E-state index is 0.196. The van der Waals surface area contributed by atoms with Crippen LogP contribution in [0.15, 0.2) is 22.3 Å². The fraction of sp³-hybridized carbons (Fsp3) is 0.100. The zero-order valence-corrected chi connectivity index (χ0v) is 10.3. The minimum Gasteiger partial charge on any atom is -0.504 e. The summed E-state index contributed by atoms with van der Waals surface area (Å²) in [5.41, 5.74) is 0.196. The van der Waals surface area contributed by atoms with E-state index in [2.05, 4.69) is 6.58 Å². The number of carbonyl (C=O) groups is 1. The van der Waals surface area contributed by atoms with E-state index in [1.54, 1.807) is 22.6 Å². The van der Waals surface area contributed by atoms with Crippen molar-refractivity contribution < 1.29 is 24.9 Å². The average Bonchev–Trinajstić information content (AvgIpc) is 2.24. The Morgan fingerprint density at radius 3 is 2.50 bits per heavy atom. The number of halogens is 1. The maximum absolute atomic E-state index is 11.1. The Morgan fingerprint density at radius 2 is 1.94 bits per heavy atom. The fourth-order valence-corrected chi connectivity index (χ4v) is 1.10. The van der Waals surface area contributed by atoms with Gasteiger partial charge >= 0.3 is 5.97 Å². The lowest BCUT2D eigenvalue weighted by atomic mass is 10.2. The number of rotatable bonds is 3. The van der Waals surface area contributed by atoms with E-state index in [0.717, 1.165) is 0 Å². The first-order valence-corrected chi connectivity index (χ1v) is 5.25. The third-order valence-corrected chi connectivity index (χ3v) is 2.23. The first kappa shape index (κ1) is 12.6. The van der Waals surface area contributed by atoms with Gasteiger partial charge in [-0.15, -0.1) is 0 Å². The van der Waals surface area contributed by atoms with E-state index in [1.807, 2.05) is 0 Å². The molecule has 0 saturated carbocycles. The lowest BCUT2D eigenvalue weighted by molar-refractivity contribution is -0.139. The second-order valence-corrected chi connectivity index (χ2v) is 4.22. The van der Waals surface area contributed by atoms with Gasteiger partial charge in [-0.25, -0.2) is 4.79 Å². The van der Waals surface area contributed by atoms with Crippen LogP contribution >= 0.6 is 22.6 Å². The number of phenols is 3. The molecule has 5 nitrogen and oxygen atoms in total. The van der Waals surface area contributed by atoms with Crippen LogP contribution in [0.1, 0.15) is 5.56 Å². The molecule has 1 aromatic rings. The monoisotopic (exact) mass is 336 g/mol. The highest BCUT2D eigenvalue weighted by Crippen LogP contribution is 2.37. The number of benzene rings is 1. The number of phenolic OH excluding ortho intramolecular Hbond substituents is 3. The maximum Gasteiger partial charge on any atom is 0.344 e. The van der Waals surface area contributed by atoms with Crippen molar-refractivity contribution in [2.45, 2.75) is 6.61 Å². The van der Waals surface area contributed by atoms with Crippen LogP contribution in [0.2, 0.25) is 0 Å². The topological polar surface area (TPSA) is 87.0 Å². The van der Waals surface area contributed by atoms with Gasteiger partial charge in [0.2, 0.25) is 5.75 Å². The number of hydrogen-bond donors (Lipinski definition) is 3. The van der Waals surface area contributed by atoms with Crippen molar-refractivity contribution in [2.24, 2.45) is 0 Å². The molecule has 0 atom stereocenters. The molecule has 0 aromatic heterocycles. The highest BCUT2D eigenvalue weighted by molar-refractivity contribution is 14.1. The number of aromatic hydroxyl groups is 3. The van der Waals surface area contributed by atoms with Crippen molar-refractivity contribution in [3.63, 3.8) is 0 Å². The van der Waals surface area contributed by atoms with Crippen molar-refractivity contribution in [1.29, 1.82) is 0 Å². The number of esters is 1. The number of hydrogen-bond acceptors (Lipinski definition) is 5. The molecule has 0 heterocycles. The standard InChI is InChI=1S/C10H9IO5/c1-5(11)10(15)16-4-6-2-3-7(12)9(14)8(6)13/h2-3,12-14H,1,4H2. The lowest BCUT2D eigenvalue weighted by Gasteiger charge is -2.08. The quantitative estimate of drug-likeness (QED) is 0.339. The molecule has 0 amide bonds. The van der Waals surface area contributed by atoms with Crippen LogP contribution < -0.4 is 0 Å². The first-order valence-electron chi connectivity index (χ1n) is 4.17. The van der Waals surface area contributed by atoms with Crippen LogP contribution in [-0.2, 0) is 16.1 Å². The summed E-state index contributed by atoms with van der Waals surface area (Å²) >= 11 is 1.71. The molecule has 0 saturated heterocycles. The summed E-state index contributed by atoms with van der Waals surface area (Å²) in [6.07, 6.45) is 0. The number of ether oxygens (including phenoxy) is 1. The van der Waals surface area contributed by atoms with Crippen molar-refractivity contribution in [2.75, 3.05) is 0 Å². The van der Waals surface area contributed by atoms with Gasteiger partial charge in [0.05, 0.1) is 3.58 Å². The largest absolute Gasteiger partial charge is 0.504 e. The molecule has 16 heavy (non-hydrogen) atoms. The van der Waals surface area contributed by atoms with Gasteiger partial charge < -0.3 is 20.1 Å². The van der Waals surface area contributed by atoms with E-state index < -0.39 is 23.2 Å². The number of carbonyl (C=O) groups excluding carboxylic acids is 1. The minimum atomic E-state index is -0.637. The smallest absolute Gasteiger partial charge is 0.344 e. The van der Waals surface area contributed by atoms with Gasteiger partial charge in [0.15, 0.2) is 11.5 Å². The molecular formula is C10H9IO5. The van der Waals surface area contributed by atoms with Gasteiger partial charge in [-0.2, -0.15) is 0 Å². The van der Waals surface area contributed by atoms with Crippen molar-refractivity contribution in [3.05, 3.63) is 27.9 Å². The lowest BCUT2D eigenvalue weighted by Crippen LogP contribution is -2.03. The summed E-state index contributed by atoms with van der Waals surface area (Å²) < 4.78 is 4.97. The van der Waals surface area contributed by atoms with Crippen molar-refractivity contribution in [3.8, 4) is 17.2 Å². The van der Waals surface area contributed by atoms with Gasteiger partial charge in [0.1, 0.15) is 6.61 Å². The SMILES string of the molecule is C=C(I)C(=O)OCc1ccc(O)c(O)c1O. The Kier molecular flexibility index (Phi) is 3.99. The van der Waals surface area contributed by atoms with Crippen LogP contribution in [0.3, 0.4) is 0 Å². The van der Waals surface area contributed by atoms with E-state index in [1.165, 1.54) is 12.1 Å². The molecule has 0 unspecified atom stereocenters. The Balaban J connectivity index is 2.79. The Morgan fingerprint density at radius 1 is 1.31 bits per heavy atom. The van der Waals surface area contributed by atoms with Gasteiger partial charge in [0, 0.05) is 5.56 Å². The van der Waals surface area contributed by atoms with Gasteiger partial charge in [0.25, 0.3) is 0 Å². The van der Waals surface area contributed by atoms with Gasteiger partial charge in [-0.1, -0.05) is 6.58 Å². The highest BCUT2D eigenvalue weighted by Gasteiger charge is 2.13. The zero-order valence-electron chi connectivity index (χ0n) is 8.11. The predicted molar refractivity (Wildman–Crippen MR) is 64.4 cm³/mol. The molecule has 1 rings (SSSR count). The molecule has 0 radical (unpaired) electrons. The fourth-order valence-electron chi connectivity index (χ4n) is 0.949. The highest BCUT2D eigenvalue weighted by atomic mass is 127. The van der Waals surface area contributed by atoms with Crippen LogP contribution in [0.5, 0.6) is 17.2 Å². The molecule has 0 aliphatic heterocycles. The summed E-state index contributed by atoms with van der Waals surface area (Å²) in [4.78, 5) is 11.1. The third-order valence-electron chi connectivity index (χ3n) is 1.79. The Labute approximate surface area is 105 Å². The zero-order chi connectivity index (χ0) is 12.3. The van der Waals surface area contributed by atoms with E-state index in [0.29, 0.717) is 0 Å². The Hall–Kier alpha value is -1.44. The predicted octanol–water partition coefficient (Wildman–Crippen LogP) is 1.80. The Bertz CT molecular complexity index is 441. The summed E-state index contributed by atoms with van der Waals surface area (Å²) in [6.45, 7) is 3.17. The van der Waals surface area contributed by atoms with Crippen LogP contribution in [0.25, 0.3) is 0 Å². The van der Waals surface area contributed by atoms with Crippen molar-refractivity contribution >= 4 is 28.6 Å². The first-order chi connectivity index (χ1) is 7.43. The summed E-state index contributed by atoms with van der Waals surface area (Å²) in [7, 11) is 0. The average molecular weight is 336 g/mol. The second kappa shape index (κ2) is 5.06. The molecule has 1 aromatic carbocycles. The van der Waals surface area contributed by atoms with Gasteiger partial charge in [-0.3, -0.25) is 0 Å². The molecule has 0 bridgehead atoms. The van der Waals surface area contributed by atoms with Crippen LogP contribution in [-0.4, -0.2) is 21.3 Å². The third kappa shape index (κ3) is 2.78. The molecule has 6 heteroatoms. The van der Waals surface area contributed by atoms with E-state index in [4.69, 9.17) is 9.84 Å². The van der Waals surface area contributed by atoms with E-state index >= 15 is 0 Å². The van der Waals surface area contributed by atoms with E-state index in [-0.39, 0.29) is 15.8 Å². The molecule has 86 valence electrons. The maximum atomic E-state index is 11.1. The molecule has 0 spiro atoms. The molecular weight excluding hydrogens is 327 g/mol. The second-order valence-electron chi connectivity index (χ2n) is 2.92. The molecule has 3 N–H and O–H groups in total.